The van der Waals surface area contributed by atoms with Crippen LogP contribution < -0.4 is 14.9 Å². The van der Waals surface area contributed by atoms with Crippen molar-refractivity contribution < 1.29 is 13.2 Å². The normalized spacial score (nSPS) is 11.1. The summed E-state index contributed by atoms with van der Waals surface area (Å²) in [6.45, 7) is 0.311. The number of hydrogen-bond acceptors (Lipinski definition) is 6. The molecule has 0 bridgehead atoms. The van der Waals surface area contributed by atoms with Crippen LogP contribution in [0.5, 0.6) is 0 Å². The zero-order valence-corrected chi connectivity index (χ0v) is 17.0. The third-order valence-corrected chi connectivity index (χ3v) is 6.65. The van der Waals surface area contributed by atoms with Crippen molar-refractivity contribution in [2.45, 2.75) is 10.8 Å². The third-order valence-electron chi connectivity index (χ3n) is 3.87. The first kappa shape index (κ1) is 19.8. The van der Waals surface area contributed by atoms with E-state index in [1.54, 1.807) is 35.8 Å². The number of pyridine rings is 1. The maximum atomic E-state index is 12.5. The van der Waals surface area contributed by atoms with E-state index in [1.165, 1.54) is 12.1 Å². The number of carbonyl (C=O) groups is 1. The summed E-state index contributed by atoms with van der Waals surface area (Å²) in [6, 6.07) is 13.3. The smallest absolute Gasteiger partial charge is 0.271 e. The number of aromatic nitrogens is 1. The molecule has 146 valence electrons. The molecule has 2 aromatic heterocycles. The molecule has 2 heterocycles. The van der Waals surface area contributed by atoms with E-state index >= 15 is 0 Å². The Hall–Kier alpha value is -2.91. The summed E-state index contributed by atoms with van der Waals surface area (Å²) in [4.78, 5) is 18.7. The van der Waals surface area contributed by atoms with E-state index in [1.807, 2.05) is 31.1 Å². The molecule has 0 spiro atoms. The molecule has 1 amide bonds. The van der Waals surface area contributed by atoms with Crippen LogP contribution in [-0.4, -0.2) is 33.4 Å². The summed E-state index contributed by atoms with van der Waals surface area (Å²) >= 11 is 1.13. The first-order chi connectivity index (χ1) is 13.4. The first-order valence-electron chi connectivity index (χ1n) is 8.42. The Bertz CT molecular complexity index is 1060. The SMILES string of the molecule is CN(C)c1ncccc1CNC(=O)c1cccc(NS(=O)(=O)c2cccs2)c1. The van der Waals surface area contributed by atoms with Crippen molar-refractivity contribution in [3.8, 4) is 0 Å². The number of hydrogen-bond donors (Lipinski definition) is 2. The molecular formula is C19H20N4O3S2. The average molecular weight is 417 g/mol. The highest BCUT2D eigenvalue weighted by molar-refractivity contribution is 7.94. The summed E-state index contributed by atoms with van der Waals surface area (Å²) in [5.74, 6) is 0.478. The molecule has 28 heavy (non-hydrogen) atoms. The predicted molar refractivity (Wildman–Crippen MR) is 111 cm³/mol. The van der Waals surface area contributed by atoms with Crippen molar-refractivity contribution >= 4 is 38.8 Å². The Morgan fingerprint density at radius 1 is 1.14 bits per heavy atom. The Labute approximate surface area is 168 Å². The molecule has 0 aliphatic rings. The van der Waals surface area contributed by atoms with Crippen molar-refractivity contribution in [1.82, 2.24) is 10.3 Å². The Morgan fingerprint density at radius 3 is 2.68 bits per heavy atom. The van der Waals surface area contributed by atoms with Crippen LogP contribution in [0.2, 0.25) is 0 Å². The molecule has 0 radical (unpaired) electrons. The van der Waals surface area contributed by atoms with Gasteiger partial charge >= 0.3 is 0 Å². The van der Waals surface area contributed by atoms with Crippen LogP contribution in [0.4, 0.5) is 11.5 Å². The molecule has 2 N–H and O–H groups in total. The van der Waals surface area contributed by atoms with Gasteiger partial charge in [0.2, 0.25) is 0 Å². The second-order valence-electron chi connectivity index (χ2n) is 6.18. The van der Waals surface area contributed by atoms with Crippen molar-refractivity contribution in [3.63, 3.8) is 0 Å². The van der Waals surface area contributed by atoms with E-state index in [0.717, 1.165) is 22.7 Å². The maximum absolute atomic E-state index is 12.5. The summed E-state index contributed by atoms with van der Waals surface area (Å²) in [6.07, 6.45) is 1.70. The molecule has 3 aromatic rings. The largest absolute Gasteiger partial charge is 0.362 e. The topological polar surface area (TPSA) is 91.4 Å². The number of benzene rings is 1. The van der Waals surface area contributed by atoms with E-state index < -0.39 is 10.0 Å². The van der Waals surface area contributed by atoms with Gasteiger partial charge in [-0.25, -0.2) is 13.4 Å². The lowest BCUT2D eigenvalue weighted by molar-refractivity contribution is 0.0951. The van der Waals surface area contributed by atoms with E-state index in [0.29, 0.717) is 17.8 Å². The standard InChI is InChI=1S/C19H20N4O3S2/c1-23(2)18-15(7-4-10-20-18)13-21-19(24)14-6-3-8-16(12-14)22-28(25,26)17-9-5-11-27-17/h3-12,22H,13H2,1-2H3,(H,21,24). The van der Waals surface area contributed by atoms with Gasteiger partial charge in [0.25, 0.3) is 15.9 Å². The van der Waals surface area contributed by atoms with Crippen LogP contribution in [0, 0.1) is 0 Å². The van der Waals surface area contributed by atoms with Gasteiger partial charge in [0.05, 0.1) is 0 Å². The second kappa shape index (κ2) is 8.41. The van der Waals surface area contributed by atoms with Crippen molar-refractivity contribution in [2.24, 2.45) is 0 Å². The Kier molecular flexibility index (Phi) is 5.96. The van der Waals surface area contributed by atoms with Crippen LogP contribution in [0.3, 0.4) is 0 Å². The fourth-order valence-electron chi connectivity index (χ4n) is 2.59. The van der Waals surface area contributed by atoms with Crippen LogP contribution >= 0.6 is 11.3 Å². The van der Waals surface area contributed by atoms with E-state index in [-0.39, 0.29) is 10.1 Å². The number of nitrogens with zero attached hydrogens (tertiary/aromatic N) is 2. The molecule has 7 nitrogen and oxygen atoms in total. The fourth-order valence-corrected chi connectivity index (χ4v) is 4.64. The number of rotatable bonds is 7. The molecular weight excluding hydrogens is 396 g/mol. The number of anilines is 2. The van der Waals surface area contributed by atoms with Gasteiger partial charge in [0.15, 0.2) is 0 Å². The molecule has 0 aliphatic heterocycles. The zero-order valence-electron chi connectivity index (χ0n) is 15.4. The van der Waals surface area contributed by atoms with Crippen LogP contribution in [-0.2, 0) is 16.6 Å². The average Bonchev–Trinajstić information content (AvgIpc) is 3.22. The molecule has 3 rings (SSSR count). The van der Waals surface area contributed by atoms with E-state index in [4.69, 9.17) is 0 Å². The molecule has 1 aromatic carbocycles. The van der Waals surface area contributed by atoms with Gasteiger partial charge in [-0.3, -0.25) is 9.52 Å². The fraction of sp³-hybridized carbons (Fsp3) is 0.158. The van der Waals surface area contributed by atoms with E-state index in [9.17, 15) is 13.2 Å². The van der Waals surface area contributed by atoms with Gasteiger partial charge in [-0.15, -0.1) is 11.3 Å². The van der Waals surface area contributed by atoms with Gasteiger partial charge < -0.3 is 10.2 Å². The molecule has 0 fully saturated rings. The maximum Gasteiger partial charge on any atom is 0.271 e. The van der Waals surface area contributed by atoms with Crippen LogP contribution in [0.25, 0.3) is 0 Å². The Balaban J connectivity index is 1.71. The molecule has 0 unspecified atom stereocenters. The van der Waals surface area contributed by atoms with Gasteiger partial charge in [-0.05, 0) is 35.7 Å². The van der Waals surface area contributed by atoms with Gasteiger partial charge in [-0.1, -0.05) is 18.2 Å². The number of nitrogens with one attached hydrogen (secondary N) is 2. The number of thiophene rings is 1. The lowest BCUT2D eigenvalue weighted by Gasteiger charge is -2.16. The lowest BCUT2D eigenvalue weighted by Crippen LogP contribution is -2.24. The minimum atomic E-state index is -3.66. The van der Waals surface area contributed by atoms with Crippen LogP contribution in [0.1, 0.15) is 15.9 Å². The number of sulfonamides is 1. The van der Waals surface area contributed by atoms with Gasteiger partial charge in [0, 0.05) is 43.7 Å². The summed E-state index contributed by atoms with van der Waals surface area (Å²) in [7, 11) is 0.112. The number of carbonyl (C=O) groups excluding carboxylic acids is 1. The quantitative estimate of drug-likeness (QED) is 0.618. The lowest BCUT2D eigenvalue weighted by atomic mass is 10.2. The first-order valence-corrected chi connectivity index (χ1v) is 10.8. The van der Waals surface area contributed by atoms with Gasteiger partial charge in [0.1, 0.15) is 10.0 Å². The summed E-state index contributed by atoms with van der Waals surface area (Å²) in [5.41, 5.74) is 1.58. The predicted octanol–water partition coefficient (Wildman–Crippen LogP) is 2.94. The van der Waals surface area contributed by atoms with E-state index in [2.05, 4.69) is 15.0 Å². The Morgan fingerprint density at radius 2 is 1.96 bits per heavy atom. The molecule has 0 aliphatic carbocycles. The summed E-state index contributed by atoms with van der Waals surface area (Å²) < 4.78 is 27.4. The highest BCUT2D eigenvalue weighted by atomic mass is 32.2. The van der Waals surface area contributed by atoms with Crippen LogP contribution in [0.15, 0.2) is 64.3 Å². The molecule has 0 saturated carbocycles. The zero-order chi connectivity index (χ0) is 20.1. The molecule has 0 saturated heterocycles. The van der Waals surface area contributed by atoms with Gasteiger partial charge in [-0.2, -0.15) is 0 Å². The third kappa shape index (κ3) is 4.68. The molecule has 0 atom stereocenters. The van der Waals surface area contributed by atoms with Crippen molar-refractivity contribution in [2.75, 3.05) is 23.7 Å². The monoisotopic (exact) mass is 416 g/mol. The summed E-state index contributed by atoms with van der Waals surface area (Å²) in [5, 5.41) is 4.54. The molecule has 9 heteroatoms. The van der Waals surface area contributed by atoms with Crippen molar-refractivity contribution in [3.05, 3.63) is 71.2 Å². The number of amides is 1. The minimum absolute atomic E-state index is 0.218. The van der Waals surface area contributed by atoms with Crippen molar-refractivity contribution in [1.29, 1.82) is 0 Å². The highest BCUT2D eigenvalue weighted by Crippen LogP contribution is 2.21. The second-order valence-corrected chi connectivity index (χ2v) is 9.04. The highest BCUT2D eigenvalue weighted by Gasteiger charge is 2.16. The minimum Gasteiger partial charge on any atom is -0.362 e.